The molecular formula is C25H25N3O4. The number of allylic oxidation sites excluding steroid dienone is 3. The quantitative estimate of drug-likeness (QED) is 0.797. The van der Waals surface area contributed by atoms with Crippen LogP contribution < -0.4 is 15.0 Å². The number of anilines is 1. The molecule has 2 unspecified atom stereocenters. The molecule has 1 saturated heterocycles. The lowest BCUT2D eigenvalue weighted by molar-refractivity contribution is -0.123. The number of aliphatic imine (C=N–C) groups is 1. The number of nitrogens with one attached hydrogen (secondary N) is 1. The molecule has 164 valence electrons. The number of hydrogen-bond donors (Lipinski definition) is 1. The number of nitrogens with zero attached hydrogens (tertiary/aromatic N) is 2. The van der Waals surface area contributed by atoms with Crippen molar-refractivity contribution in [2.45, 2.75) is 32.1 Å². The summed E-state index contributed by atoms with van der Waals surface area (Å²) >= 11 is 0. The maximum Gasteiger partial charge on any atom is 0.251 e. The Kier molecular flexibility index (Phi) is 5.25. The lowest BCUT2D eigenvalue weighted by atomic mass is 9.77. The van der Waals surface area contributed by atoms with Gasteiger partial charge in [-0.1, -0.05) is 12.1 Å². The van der Waals surface area contributed by atoms with Crippen LogP contribution in [0.25, 0.3) is 0 Å². The molecule has 2 aliphatic carbocycles. The maximum atomic E-state index is 12.9. The van der Waals surface area contributed by atoms with Crippen LogP contribution in [0, 0.1) is 11.8 Å². The molecule has 5 rings (SSSR count). The molecular weight excluding hydrogens is 406 g/mol. The fraction of sp³-hybridized carbons (Fsp3) is 0.360. The van der Waals surface area contributed by atoms with E-state index in [0.29, 0.717) is 17.1 Å². The second-order valence-electron chi connectivity index (χ2n) is 8.58. The molecule has 0 saturated carbocycles. The zero-order chi connectivity index (χ0) is 22.2. The fourth-order valence-electron chi connectivity index (χ4n) is 4.94. The largest absolute Gasteiger partial charge is 0.497 e. The van der Waals surface area contributed by atoms with Crippen LogP contribution in [0.2, 0.25) is 0 Å². The summed E-state index contributed by atoms with van der Waals surface area (Å²) in [5.41, 5.74) is 4.12. The highest BCUT2D eigenvalue weighted by atomic mass is 16.5. The second kappa shape index (κ2) is 8.22. The van der Waals surface area contributed by atoms with Gasteiger partial charge < -0.3 is 15.0 Å². The van der Waals surface area contributed by atoms with E-state index in [-0.39, 0.29) is 36.6 Å². The molecule has 32 heavy (non-hydrogen) atoms. The number of benzene rings is 1. The Balaban J connectivity index is 1.32. The average Bonchev–Trinajstić information content (AvgIpc) is 3.21. The smallest absolute Gasteiger partial charge is 0.251 e. The molecule has 4 aliphatic rings. The molecule has 3 amide bonds. The minimum absolute atomic E-state index is 0.0292. The van der Waals surface area contributed by atoms with Crippen LogP contribution in [0.15, 0.2) is 64.3 Å². The molecule has 1 aromatic rings. The fourth-order valence-corrected chi connectivity index (χ4v) is 4.94. The minimum Gasteiger partial charge on any atom is -0.497 e. The Bertz CT molecular complexity index is 1130. The van der Waals surface area contributed by atoms with Gasteiger partial charge in [-0.2, -0.15) is 0 Å². The van der Waals surface area contributed by atoms with E-state index in [0.717, 1.165) is 37.0 Å². The highest BCUT2D eigenvalue weighted by Crippen LogP contribution is 2.38. The van der Waals surface area contributed by atoms with Crippen molar-refractivity contribution in [1.82, 2.24) is 5.32 Å². The van der Waals surface area contributed by atoms with Gasteiger partial charge in [0.05, 0.1) is 18.7 Å². The van der Waals surface area contributed by atoms with Gasteiger partial charge in [-0.05, 0) is 55.5 Å². The summed E-state index contributed by atoms with van der Waals surface area (Å²) in [7, 11) is 1.57. The second-order valence-corrected chi connectivity index (χ2v) is 8.58. The van der Waals surface area contributed by atoms with Crippen molar-refractivity contribution in [3.63, 3.8) is 0 Å². The minimum atomic E-state index is -0.501. The molecule has 7 heteroatoms. The predicted octanol–water partition coefficient (Wildman–Crippen LogP) is 3.09. The topological polar surface area (TPSA) is 88.1 Å². The summed E-state index contributed by atoms with van der Waals surface area (Å²) < 4.78 is 5.23. The summed E-state index contributed by atoms with van der Waals surface area (Å²) in [5, 5.41) is 2.98. The summed E-state index contributed by atoms with van der Waals surface area (Å²) in [4.78, 5) is 43.8. The van der Waals surface area contributed by atoms with E-state index in [1.54, 1.807) is 24.2 Å². The highest BCUT2D eigenvalue weighted by molar-refractivity contribution is 6.13. The van der Waals surface area contributed by atoms with Crippen molar-refractivity contribution >= 4 is 29.1 Å². The summed E-state index contributed by atoms with van der Waals surface area (Å²) in [6.07, 6.45) is 9.70. The molecule has 2 atom stereocenters. The van der Waals surface area contributed by atoms with Gasteiger partial charge in [-0.3, -0.25) is 14.4 Å². The number of hydrogen-bond acceptors (Lipinski definition) is 4. The first kappa shape index (κ1) is 20.4. The number of carbonyl (C=O) groups is 3. The van der Waals surface area contributed by atoms with Crippen LogP contribution in [0.3, 0.4) is 0 Å². The van der Waals surface area contributed by atoms with Gasteiger partial charge >= 0.3 is 0 Å². The van der Waals surface area contributed by atoms with Gasteiger partial charge in [0, 0.05) is 41.9 Å². The van der Waals surface area contributed by atoms with Crippen LogP contribution in [-0.4, -0.2) is 37.1 Å². The third-order valence-corrected chi connectivity index (χ3v) is 6.59. The van der Waals surface area contributed by atoms with Crippen LogP contribution in [0.5, 0.6) is 5.75 Å². The van der Waals surface area contributed by atoms with Gasteiger partial charge in [0.2, 0.25) is 5.91 Å². The zero-order valence-corrected chi connectivity index (χ0v) is 18.0. The van der Waals surface area contributed by atoms with E-state index < -0.39 is 5.92 Å². The maximum absolute atomic E-state index is 12.9. The first-order chi connectivity index (χ1) is 15.5. The first-order valence-electron chi connectivity index (χ1n) is 11.0. The van der Waals surface area contributed by atoms with Crippen molar-refractivity contribution in [2.24, 2.45) is 16.8 Å². The Labute approximate surface area is 186 Å². The molecule has 0 spiro atoms. The van der Waals surface area contributed by atoms with Crippen molar-refractivity contribution in [3.05, 3.63) is 59.3 Å². The lowest BCUT2D eigenvalue weighted by Crippen LogP contribution is -2.37. The number of ether oxygens (including phenoxy) is 1. The molecule has 0 aromatic heterocycles. The van der Waals surface area contributed by atoms with E-state index in [4.69, 9.17) is 4.74 Å². The zero-order valence-electron chi connectivity index (χ0n) is 18.0. The van der Waals surface area contributed by atoms with Gasteiger partial charge in [-0.15, -0.1) is 0 Å². The molecule has 0 radical (unpaired) electrons. The SMILES string of the molecule is COc1cccc(N2CC(C(=O)N=C3C=CC4C(=C3)NC(=O)C3=C4CCCC3)CC2=O)c1. The summed E-state index contributed by atoms with van der Waals surface area (Å²) in [6, 6.07) is 7.24. The number of carbonyl (C=O) groups excluding carboxylic acids is 3. The average molecular weight is 431 g/mol. The Morgan fingerprint density at radius 1 is 1.22 bits per heavy atom. The molecule has 0 bridgehead atoms. The Morgan fingerprint density at radius 3 is 2.91 bits per heavy atom. The van der Waals surface area contributed by atoms with E-state index >= 15 is 0 Å². The molecule has 1 aromatic carbocycles. The lowest BCUT2D eigenvalue weighted by Gasteiger charge is -2.33. The molecule has 1 fully saturated rings. The van der Waals surface area contributed by atoms with Crippen molar-refractivity contribution < 1.29 is 19.1 Å². The number of rotatable bonds is 3. The van der Waals surface area contributed by atoms with Crippen LogP contribution >= 0.6 is 0 Å². The van der Waals surface area contributed by atoms with E-state index in [9.17, 15) is 14.4 Å². The van der Waals surface area contributed by atoms with Gasteiger partial charge in [0.15, 0.2) is 0 Å². The monoisotopic (exact) mass is 431 g/mol. The van der Waals surface area contributed by atoms with Gasteiger partial charge in [0.25, 0.3) is 11.8 Å². The predicted molar refractivity (Wildman–Crippen MR) is 120 cm³/mol. The van der Waals surface area contributed by atoms with E-state index in [2.05, 4.69) is 10.3 Å². The third kappa shape index (κ3) is 3.68. The summed E-state index contributed by atoms with van der Waals surface area (Å²) in [5.74, 6) is -0.236. The van der Waals surface area contributed by atoms with Crippen molar-refractivity contribution in [1.29, 1.82) is 0 Å². The van der Waals surface area contributed by atoms with E-state index in [1.807, 2.05) is 30.4 Å². The van der Waals surface area contributed by atoms with Gasteiger partial charge in [-0.25, -0.2) is 4.99 Å². The number of amides is 3. The molecule has 1 N–H and O–H groups in total. The first-order valence-corrected chi connectivity index (χ1v) is 11.0. The molecule has 2 aliphatic heterocycles. The summed E-state index contributed by atoms with van der Waals surface area (Å²) in [6.45, 7) is 0.289. The normalized spacial score (nSPS) is 26.0. The highest BCUT2D eigenvalue weighted by Gasteiger charge is 2.36. The Hall–Kier alpha value is -3.48. The third-order valence-electron chi connectivity index (χ3n) is 6.59. The van der Waals surface area contributed by atoms with Crippen molar-refractivity contribution in [2.75, 3.05) is 18.6 Å². The van der Waals surface area contributed by atoms with E-state index in [1.165, 1.54) is 5.57 Å². The standard InChI is InChI=1S/C25H25N3O4/c1-32-18-6-4-5-17(13-18)28-14-15(11-23(28)29)24(30)26-16-9-10-20-19-7-2-3-8-21(19)25(31)27-22(20)12-16/h4-6,9-10,12-13,15,20H,2-3,7-8,11,14H2,1H3,(H,27,31). The molecule has 2 heterocycles. The molecule has 7 nitrogen and oxygen atoms in total. The van der Waals surface area contributed by atoms with Crippen LogP contribution in [0.4, 0.5) is 5.69 Å². The van der Waals surface area contributed by atoms with Crippen LogP contribution in [0.1, 0.15) is 32.1 Å². The van der Waals surface area contributed by atoms with Crippen molar-refractivity contribution in [3.8, 4) is 5.75 Å². The van der Waals surface area contributed by atoms with Gasteiger partial charge in [0.1, 0.15) is 5.75 Å². The number of methoxy groups -OCH3 is 1. The van der Waals surface area contributed by atoms with Crippen LogP contribution in [-0.2, 0) is 14.4 Å². The number of fused-ring (bicyclic) bond motifs is 2. The Morgan fingerprint density at radius 2 is 2.06 bits per heavy atom.